The lowest BCUT2D eigenvalue weighted by Gasteiger charge is -2.29. The van der Waals surface area contributed by atoms with Crippen LogP contribution in [-0.4, -0.2) is 31.2 Å². The topological polar surface area (TPSA) is 105 Å². The third-order valence-corrected chi connectivity index (χ3v) is 4.64. The standard InChI is InChI=1S/C17H16FN5O4/c1-20-14-13(15(26)23(17(20)27)9-12(24)25)22-8-2-7-21(16(22)19-14)11-5-3-10(18)4-6-11/h3-6H,2,7-9H2,1H3,(H,24,25)/p-1. The highest BCUT2D eigenvalue weighted by Gasteiger charge is 2.26. The highest BCUT2D eigenvalue weighted by Crippen LogP contribution is 2.30. The van der Waals surface area contributed by atoms with E-state index in [0.717, 1.165) is 4.57 Å². The van der Waals surface area contributed by atoms with Crippen molar-refractivity contribution < 1.29 is 14.3 Å². The maximum atomic E-state index is 13.2. The fourth-order valence-electron chi connectivity index (χ4n) is 3.40. The van der Waals surface area contributed by atoms with E-state index in [9.17, 15) is 23.9 Å². The first-order valence-corrected chi connectivity index (χ1v) is 8.31. The molecule has 0 amide bonds. The van der Waals surface area contributed by atoms with Gasteiger partial charge in [0, 0.05) is 25.8 Å². The fraction of sp³-hybridized carbons (Fsp3) is 0.294. The van der Waals surface area contributed by atoms with Gasteiger partial charge >= 0.3 is 5.69 Å². The van der Waals surface area contributed by atoms with Crippen molar-refractivity contribution in [3.05, 3.63) is 50.9 Å². The van der Waals surface area contributed by atoms with Gasteiger partial charge in [0.05, 0.1) is 12.5 Å². The lowest BCUT2D eigenvalue weighted by molar-refractivity contribution is -0.306. The summed E-state index contributed by atoms with van der Waals surface area (Å²) in [5.41, 5.74) is -0.478. The molecule has 3 aromatic rings. The summed E-state index contributed by atoms with van der Waals surface area (Å²) in [7, 11) is 1.43. The van der Waals surface area contributed by atoms with Gasteiger partial charge in [-0.3, -0.25) is 13.9 Å². The molecule has 0 N–H and O–H groups in total. The van der Waals surface area contributed by atoms with Crippen LogP contribution in [0.15, 0.2) is 33.9 Å². The molecule has 0 fully saturated rings. The zero-order valence-corrected chi connectivity index (χ0v) is 14.4. The Bertz CT molecular complexity index is 1180. The number of benzene rings is 1. The molecule has 0 spiro atoms. The van der Waals surface area contributed by atoms with Crippen molar-refractivity contribution in [2.75, 3.05) is 11.4 Å². The van der Waals surface area contributed by atoms with Crippen LogP contribution in [-0.2, 0) is 24.9 Å². The van der Waals surface area contributed by atoms with E-state index < -0.39 is 23.8 Å². The molecular formula is C17H15FN5O4-. The second kappa shape index (κ2) is 6.08. The fourth-order valence-corrected chi connectivity index (χ4v) is 3.40. The number of aromatic nitrogens is 4. The number of nitrogens with zero attached hydrogens (tertiary/aromatic N) is 5. The van der Waals surface area contributed by atoms with Gasteiger partial charge in [-0.15, -0.1) is 0 Å². The van der Waals surface area contributed by atoms with Gasteiger partial charge in [0.25, 0.3) is 5.56 Å². The van der Waals surface area contributed by atoms with Crippen molar-refractivity contribution in [3.8, 4) is 0 Å². The van der Waals surface area contributed by atoms with Gasteiger partial charge in [-0.1, -0.05) is 0 Å². The molecule has 0 aliphatic carbocycles. The zero-order valence-electron chi connectivity index (χ0n) is 14.4. The van der Waals surface area contributed by atoms with Crippen LogP contribution in [0, 0.1) is 5.82 Å². The number of hydrogen-bond donors (Lipinski definition) is 0. The van der Waals surface area contributed by atoms with Gasteiger partial charge in [-0.2, -0.15) is 4.98 Å². The first-order valence-electron chi connectivity index (χ1n) is 8.31. The number of rotatable bonds is 3. The average molecular weight is 372 g/mol. The largest absolute Gasteiger partial charge is 0.548 e. The number of anilines is 2. The Kier molecular flexibility index (Phi) is 3.83. The number of imidazole rings is 1. The van der Waals surface area contributed by atoms with E-state index in [1.807, 2.05) is 4.90 Å². The van der Waals surface area contributed by atoms with Crippen LogP contribution in [0.3, 0.4) is 0 Å². The van der Waals surface area contributed by atoms with Gasteiger partial charge in [0.1, 0.15) is 5.82 Å². The molecule has 27 heavy (non-hydrogen) atoms. The summed E-state index contributed by atoms with van der Waals surface area (Å²) in [6.45, 7) is 0.266. The molecule has 0 saturated heterocycles. The quantitative estimate of drug-likeness (QED) is 0.604. The predicted octanol–water partition coefficient (Wildman–Crippen LogP) is -0.673. The third-order valence-electron chi connectivity index (χ3n) is 4.64. The van der Waals surface area contributed by atoms with Gasteiger partial charge in [-0.05, 0) is 30.7 Å². The number of aryl methyl sites for hydroxylation is 2. The molecule has 140 valence electrons. The van der Waals surface area contributed by atoms with Crippen molar-refractivity contribution in [3.63, 3.8) is 0 Å². The van der Waals surface area contributed by atoms with E-state index in [2.05, 4.69) is 4.98 Å². The van der Waals surface area contributed by atoms with Crippen LogP contribution >= 0.6 is 0 Å². The van der Waals surface area contributed by atoms with Crippen molar-refractivity contribution in [1.82, 2.24) is 18.7 Å². The van der Waals surface area contributed by atoms with E-state index in [1.165, 1.54) is 19.2 Å². The maximum absolute atomic E-state index is 13.2. The summed E-state index contributed by atoms with van der Waals surface area (Å²) >= 11 is 0. The SMILES string of the molecule is Cn1c(=O)n(CC(=O)[O-])c(=O)c2c1nc1n2CCCN1c1ccc(F)cc1. The molecule has 1 aromatic carbocycles. The second-order valence-electron chi connectivity index (χ2n) is 6.32. The molecule has 9 nitrogen and oxygen atoms in total. The zero-order chi connectivity index (χ0) is 19.3. The van der Waals surface area contributed by atoms with Crippen LogP contribution in [0.5, 0.6) is 0 Å². The molecule has 2 aromatic heterocycles. The Morgan fingerprint density at radius 1 is 1.22 bits per heavy atom. The van der Waals surface area contributed by atoms with Crippen molar-refractivity contribution >= 4 is 28.8 Å². The molecule has 4 rings (SSSR count). The highest BCUT2D eigenvalue weighted by molar-refractivity contribution is 5.77. The first-order chi connectivity index (χ1) is 12.9. The third kappa shape index (κ3) is 2.60. The van der Waals surface area contributed by atoms with Crippen LogP contribution in [0.25, 0.3) is 11.2 Å². The van der Waals surface area contributed by atoms with Crippen molar-refractivity contribution in [1.29, 1.82) is 0 Å². The predicted molar refractivity (Wildman–Crippen MR) is 92.3 cm³/mol. The maximum Gasteiger partial charge on any atom is 0.332 e. The number of carbonyl (C=O) groups is 1. The lowest BCUT2D eigenvalue weighted by atomic mass is 10.2. The number of carboxylic acid groups (broad SMARTS) is 1. The Morgan fingerprint density at radius 2 is 1.93 bits per heavy atom. The summed E-state index contributed by atoms with van der Waals surface area (Å²) < 4.78 is 16.7. The molecule has 0 bridgehead atoms. The monoisotopic (exact) mass is 372 g/mol. The molecule has 0 saturated carbocycles. The summed E-state index contributed by atoms with van der Waals surface area (Å²) in [4.78, 5) is 42.4. The number of fused-ring (bicyclic) bond motifs is 3. The minimum Gasteiger partial charge on any atom is -0.548 e. The summed E-state index contributed by atoms with van der Waals surface area (Å²) in [6.07, 6.45) is 0.693. The molecule has 1 aliphatic heterocycles. The molecule has 1 aliphatic rings. The lowest BCUT2D eigenvalue weighted by Crippen LogP contribution is -2.44. The minimum absolute atomic E-state index is 0.153. The second-order valence-corrected chi connectivity index (χ2v) is 6.32. The number of carbonyl (C=O) groups excluding carboxylic acids is 1. The number of aliphatic carboxylic acids is 1. The van der Waals surface area contributed by atoms with Crippen LogP contribution in [0.2, 0.25) is 0 Å². The normalized spacial score (nSPS) is 13.8. The Labute approximate surface area is 151 Å². The van der Waals surface area contributed by atoms with E-state index >= 15 is 0 Å². The van der Waals surface area contributed by atoms with Gasteiger partial charge < -0.3 is 19.4 Å². The van der Waals surface area contributed by atoms with E-state index in [0.29, 0.717) is 35.7 Å². The molecule has 0 atom stereocenters. The van der Waals surface area contributed by atoms with E-state index in [4.69, 9.17) is 0 Å². The highest BCUT2D eigenvalue weighted by atomic mass is 19.1. The first kappa shape index (κ1) is 17.0. The van der Waals surface area contributed by atoms with Gasteiger partial charge in [-0.25, -0.2) is 9.18 Å². The van der Waals surface area contributed by atoms with Gasteiger partial charge in [0.15, 0.2) is 11.2 Å². The minimum atomic E-state index is -1.53. The van der Waals surface area contributed by atoms with Gasteiger partial charge in [0.2, 0.25) is 5.95 Å². The Balaban J connectivity index is 1.98. The van der Waals surface area contributed by atoms with Crippen LogP contribution < -0.4 is 21.3 Å². The van der Waals surface area contributed by atoms with Crippen LogP contribution in [0.4, 0.5) is 16.0 Å². The summed E-state index contributed by atoms with van der Waals surface area (Å²) in [5, 5.41) is 10.9. The molecule has 0 unspecified atom stereocenters. The Morgan fingerprint density at radius 3 is 2.59 bits per heavy atom. The summed E-state index contributed by atoms with van der Waals surface area (Å²) in [6, 6.07) is 5.88. The average Bonchev–Trinajstić information content (AvgIpc) is 3.04. The van der Waals surface area contributed by atoms with Crippen LogP contribution in [0.1, 0.15) is 6.42 Å². The number of hydrogen-bond acceptors (Lipinski definition) is 6. The van der Waals surface area contributed by atoms with E-state index in [-0.39, 0.29) is 17.0 Å². The van der Waals surface area contributed by atoms with Crippen molar-refractivity contribution in [2.45, 2.75) is 19.5 Å². The molecular weight excluding hydrogens is 357 g/mol. The number of halogens is 1. The smallest absolute Gasteiger partial charge is 0.332 e. The van der Waals surface area contributed by atoms with Crippen molar-refractivity contribution in [2.24, 2.45) is 7.05 Å². The number of carboxylic acids is 1. The molecule has 3 heterocycles. The van der Waals surface area contributed by atoms with E-state index in [1.54, 1.807) is 16.7 Å². The Hall–Kier alpha value is -3.43. The molecule has 10 heteroatoms. The summed E-state index contributed by atoms with van der Waals surface area (Å²) in [5.74, 6) is -1.45. The molecule has 0 radical (unpaired) electrons.